The van der Waals surface area contributed by atoms with E-state index in [2.05, 4.69) is 15.6 Å². The van der Waals surface area contributed by atoms with Crippen molar-refractivity contribution in [2.45, 2.75) is 19.1 Å². The van der Waals surface area contributed by atoms with Gasteiger partial charge in [-0.1, -0.05) is 0 Å². The summed E-state index contributed by atoms with van der Waals surface area (Å²) in [6.45, 7) is 0.605. The molecule has 4 heterocycles. The molecule has 12 nitrogen and oxygen atoms in total. The molecule has 1 fully saturated rings. The number of aryl methyl sites for hydroxylation is 1. The van der Waals surface area contributed by atoms with Gasteiger partial charge in [0.05, 0.1) is 17.8 Å². The number of hydrogen-bond acceptors (Lipinski definition) is 9. The third-order valence-corrected chi connectivity index (χ3v) is 7.34. The van der Waals surface area contributed by atoms with E-state index in [0.29, 0.717) is 34.6 Å². The van der Waals surface area contributed by atoms with Gasteiger partial charge in [0, 0.05) is 31.0 Å². The first-order chi connectivity index (χ1) is 18.6. The highest BCUT2D eigenvalue weighted by Crippen LogP contribution is 2.30. The Balaban J connectivity index is 1.24. The number of nitrogens with zero attached hydrogens (tertiary/aromatic N) is 3. The number of hydrogen-bond donors (Lipinski definition) is 2. The van der Waals surface area contributed by atoms with Crippen molar-refractivity contribution < 1.29 is 31.9 Å². The zero-order chi connectivity index (χ0) is 27.7. The topological polar surface area (TPSA) is 149 Å². The van der Waals surface area contributed by atoms with Gasteiger partial charge in [0.25, 0.3) is 11.5 Å². The normalized spacial score (nSPS) is 17.1. The van der Waals surface area contributed by atoms with E-state index >= 15 is 0 Å². The van der Waals surface area contributed by atoms with Crippen molar-refractivity contribution in [3.63, 3.8) is 0 Å². The fraction of sp³-hybridized carbons (Fsp3) is 0.360. The van der Waals surface area contributed by atoms with E-state index in [0.717, 1.165) is 6.26 Å². The van der Waals surface area contributed by atoms with Gasteiger partial charge in [-0.15, -0.1) is 0 Å². The third kappa shape index (κ3) is 5.86. The number of benzene rings is 1. The smallest absolute Gasteiger partial charge is 0.416 e. The molecule has 0 bridgehead atoms. The Morgan fingerprint density at radius 2 is 1.95 bits per heavy atom. The maximum absolute atomic E-state index is 14.9. The summed E-state index contributed by atoms with van der Waals surface area (Å²) < 4.78 is 50.3. The predicted octanol–water partition coefficient (Wildman–Crippen LogP) is 1.07. The molecule has 206 valence electrons. The van der Waals surface area contributed by atoms with Gasteiger partial charge in [-0.2, -0.15) is 0 Å². The summed E-state index contributed by atoms with van der Waals surface area (Å²) in [6, 6.07) is 9.01. The molecular formula is C25H26FN5O7S. The van der Waals surface area contributed by atoms with Gasteiger partial charge >= 0.3 is 6.09 Å². The zero-order valence-electron chi connectivity index (χ0n) is 21.0. The molecule has 14 heteroatoms. The van der Waals surface area contributed by atoms with Crippen molar-refractivity contribution in [3.05, 3.63) is 58.1 Å². The van der Waals surface area contributed by atoms with Crippen LogP contribution in [0.1, 0.15) is 5.56 Å². The molecule has 0 spiro atoms. The highest BCUT2D eigenvalue weighted by molar-refractivity contribution is 7.90. The van der Waals surface area contributed by atoms with Crippen LogP contribution in [0.4, 0.5) is 20.8 Å². The Labute approximate surface area is 222 Å². The lowest BCUT2D eigenvalue weighted by Gasteiger charge is -2.19. The molecule has 0 saturated carbocycles. The van der Waals surface area contributed by atoms with Crippen LogP contribution < -0.4 is 25.8 Å². The Kier molecular flexibility index (Phi) is 7.23. The molecule has 2 N–H and O–H groups in total. The Hall–Kier alpha value is -4.04. The number of pyridine rings is 2. The SMILES string of the molecule is CS(=O)(=O)CCn1c(=O)ccc2ccc(F)c(CCNC[C@H]3CN(c4ccc5c(n4)NC(=O)CO5)C(=O)O3)c21. The average Bonchev–Trinajstić information content (AvgIpc) is 3.26. The molecule has 2 aliphatic heterocycles. The van der Waals surface area contributed by atoms with Crippen molar-refractivity contribution >= 4 is 44.4 Å². The summed E-state index contributed by atoms with van der Waals surface area (Å²) in [4.78, 5) is 42.2. The second kappa shape index (κ2) is 10.6. The first-order valence-electron chi connectivity index (χ1n) is 12.2. The first-order valence-corrected chi connectivity index (χ1v) is 14.3. The van der Waals surface area contributed by atoms with Crippen molar-refractivity contribution in [2.24, 2.45) is 0 Å². The van der Waals surface area contributed by atoms with Crippen LogP contribution >= 0.6 is 0 Å². The third-order valence-electron chi connectivity index (χ3n) is 6.42. The Bertz CT molecular complexity index is 1630. The van der Waals surface area contributed by atoms with E-state index < -0.39 is 33.4 Å². The Morgan fingerprint density at radius 1 is 1.15 bits per heavy atom. The summed E-state index contributed by atoms with van der Waals surface area (Å²) in [5.74, 6) is -0.152. The lowest BCUT2D eigenvalue weighted by molar-refractivity contribution is -0.118. The summed E-state index contributed by atoms with van der Waals surface area (Å²) in [5.41, 5.74) is 0.241. The maximum atomic E-state index is 14.9. The van der Waals surface area contributed by atoms with E-state index in [4.69, 9.17) is 9.47 Å². The van der Waals surface area contributed by atoms with Gasteiger partial charge in [-0.3, -0.25) is 14.5 Å². The molecule has 0 aliphatic carbocycles. The van der Waals surface area contributed by atoms with Crippen molar-refractivity contribution in [1.29, 1.82) is 0 Å². The van der Waals surface area contributed by atoms with Crippen LogP contribution in [0.25, 0.3) is 10.9 Å². The number of fused-ring (bicyclic) bond motifs is 2. The number of cyclic esters (lactones) is 1. The van der Waals surface area contributed by atoms with Crippen LogP contribution in [0, 0.1) is 5.82 Å². The van der Waals surface area contributed by atoms with Crippen LogP contribution in [0.3, 0.4) is 0 Å². The fourth-order valence-electron chi connectivity index (χ4n) is 4.56. The number of ether oxygens (including phenoxy) is 2. The van der Waals surface area contributed by atoms with Gasteiger partial charge in [0.2, 0.25) is 0 Å². The monoisotopic (exact) mass is 559 g/mol. The van der Waals surface area contributed by atoms with Crippen molar-refractivity contribution in [2.75, 3.05) is 48.5 Å². The minimum Gasteiger partial charge on any atom is -0.480 e. The van der Waals surface area contributed by atoms with Crippen molar-refractivity contribution in [3.8, 4) is 5.75 Å². The second-order valence-corrected chi connectivity index (χ2v) is 11.6. The Morgan fingerprint density at radius 3 is 2.74 bits per heavy atom. The quantitative estimate of drug-likeness (QED) is 0.367. The highest BCUT2D eigenvalue weighted by atomic mass is 32.2. The van der Waals surface area contributed by atoms with Gasteiger partial charge in [0.1, 0.15) is 27.6 Å². The predicted molar refractivity (Wildman–Crippen MR) is 140 cm³/mol. The van der Waals surface area contributed by atoms with E-state index in [1.54, 1.807) is 24.3 Å². The van der Waals surface area contributed by atoms with Crippen LogP contribution in [0.15, 0.2) is 41.2 Å². The van der Waals surface area contributed by atoms with Gasteiger partial charge < -0.3 is 24.7 Å². The second-order valence-electron chi connectivity index (χ2n) is 9.34. The molecule has 1 atom stereocenters. The molecule has 0 unspecified atom stereocenters. The fourth-order valence-corrected chi connectivity index (χ4v) is 5.07. The molecule has 1 aromatic carbocycles. The lowest BCUT2D eigenvalue weighted by Crippen LogP contribution is -2.33. The summed E-state index contributed by atoms with van der Waals surface area (Å²) in [6.07, 6.45) is 0.195. The highest BCUT2D eigenvalue weighted by Gasteiger charge is 2.33. The van der Waals surface area contributed by atoms with E-state index in [1.807, 2.05) is 0 Å². The standard InChI is InChI=1S/C25H26FN5O7S/c1-39(35,36)11-10-30-22(33)7-3-15-2-4-18(26)17(23(15)30)8-9-27-12-16-13-31(25(34)38-16)20-6-5-19-24(28-20)29-21(32)14-37-19/h2-7,16,27H,8-14H2,1H3,(H,28,29,32)/t16-/m0/s1. The zero-order valence-corrected chi connectivity index (χ0v) is 21.8. The molecule has 1 saturated heterocycles. The number of rotatable bonds is 9. The number of anilines is 2. The number of nitrogens with one attached hydrogen (secondary N) is 2. The lowest BCUT2D eigenvalue weighted by atomic mass is 10.1. The van der Waals surface area contributed by atoms with Crippen LogP contribution in [0.2, 0.25) is 0 Å². The van der Waals surface area contributed by atoms with Crippen molar-refractivity contribution in [1.82, 2.24) is 14.9 Å². The molecule has 2 aromatic heterocycles. The summed E-state index contributed by atoms with van der Waals surface area (Å²) in [5, 5.41) is 6.38. The minimum atomic E-state index is -3.34. The van der Waals surface area contributed by atoms with E-state index in [-0.39, 0.29) is 50.1 Å². The minimum absolute atomic E-state index is 0.0840. The number of carbonyl (C=O) groups is 2. The largest absolute Gasteiger partial charge is 0.480 e. The number of amides is 2. The summed E-state index contributed by atoms with van der Waals surface area (Å²) >= 11 is 0. The van der Waals surface area contributed by atoms with E-state index in [9.17, 15) is 27.2 Å². The van der Waals surface area contributed by atoms with Crippen LogP contribution in [-0.2, 0) is 32.3 Å². The first kappa shape index (κ1) is 26.6. The number of sulfone groups is 1. The van der Waals surface area contributed by atoms with E-state index in [1.165, 1.54) is 21.6 Å². The summed E-state index contributed by atoms with van der Waals surface area (Å²) in [7, 11) is -3.34. The van der Waals surface area contributed by atoms with Gasteiger partial charge in [-0.05, 0) is 48.7 Å². The molecule has 39 heavy (non-hydrogen) atoms. The number of halogens is 1. The molecule has 5 rings (SSSR count). The van der Waals surface area contributed by atoms with Gasteiger partial charge in [-0.25, -0.2) is 22.6 Å². The molecule has 2 aliphatic rings. The number of carbonyl (C=O) groups excluding carboxylic acids is 2. The van der Waals surface area contributed by atoms with Gasteiger partial charge in [0.15, 0.2) is 18.2 Å². The molecular weight excluding hydrogens is 533 g/mol. The molecule has 2 amide bonds. The number of aromatic nitrogens is 2. The van der Waals surface area contributed by atoms with Crippen LogP contribution in [0.5, 0.6) is 5.75 Å². The maximum Gasteiger partial charge on any atom is 0.416 e. The molecule has 3 aromatic rings. The average molecular weight is 560 g/mol. The van der Waals surface area contributed by atoms with Crippen LogP contribution in [-0.4, -0.2) is 74.3 Å². The molecule has 0 radical (unpaired) electrons.